The summed E-state index contributed by atoms with van der Waals surface area (Å²) in [5.41, 5.74) is -0.0581. The Morgan fingerprint density at radius 2 is 1.95 bits per heavy atom. The molecule has 0 aliphatic rings. The van der Waals surface area contributed by atoms with Gasteiger partial charge in [-0.25, -0.2) is 0 Å². The molecule has 0 aromatic heterocycles. The molecule has 19 heavy (non-hydrogen) atoms. The van der Waals surface area contributed by atoms with E-state index in [1.165, 1.54) is 0 Å². The van der Waals surface area contributed by atoms with Gasteiger partial charge in [0.1, 0.15) is 5.75 Å². The van der Waals surface area contributed by atoms with Gasteiger partial charge in [-0.15, -0.1) is 0 Å². The molecule has 0 unspecified atom stereocenters. The second-order valence-electron chi connectivity index (χ2n) is 5.22. The predicted octanol–water partition coefficient (Wildman–Crippen LogP) is 2.37. The first-order chi connectivity index (χ1) is 8.98. The highest BCUT2D eigenvalue weighted by Gasteiger charge is 2.19. The molecule has 0 fully saturated rings. The highest BCUT2D eigenvalue weighted by Crippen LogP contribution is 2.13. The van der Waals surface area contributed by atoms with Gasteiger partial charge in [0.05, 0.1) is 18.8 Å². The summed E-state index contributed by atoms with van der Waals surface area (Å²) >= 11 is 0. The average molecular weight is 265 g/mol. The molecule has 0 saturated heterocycles. The lowest BCUT2D eigenvalue weighted by atomic mass is 10.1. The number of aliphatic hydroxyl groups excluding tert-OH is 1. The van der Waals surface area contributed by atoms with Crippen LogP contribution < -0.4 is 10.1 Å². The van der Waals surface area contributed by atoms with E-state index in [0.29, 0.717) is 12.2 Å². The summed E-state index contributed by atoms with van der Waals surface area (Å²) in [6.07, 6.45) is 2.11. The van der Waals surface area contributed by atoms with Crippen LogP contribution in [0.25, 0.3) is 0 Å². The molecule has 0 bridgehead atoms. The topological polar surface area (TPSA) is 58.6 Å². The van der Waals surface area contributed by atoms with E-state index < -0.39 is 5.54 Å². The fourth-order valence-corrected chi connectivity index (χ4v) is 1.46. The lowest BCUT2D eigenvalue weighted by molar-refractivity contribution is 0.0869. The van der Waals surface area contributed by atoms with Gasteiger partial charge >= 0.3 is 0 Å². The second kappa shape index (κ2) is 7.14. The Morgan fingerprint density at radius 1 is 1.32 bits per heavy atom. The molecule has 106 valence electrons. The summed E-state index contributed by atoms with van der Waals surface area (Å²) in [5, 5.41) is 11.9. The summed E-state index contributed by atoms with van der Waals surface area (Å²) in [4.78, 5) is 11.9. The molecular formula is C15H23NO3. The molecule has 0 radical (unpaired) electrons. The number of hydrogen-bond acceptors (Lipinski definition) is 3. The number of unbranched alkanes of at least 4 members (excludes halogenated alkanes) is 1. The lowest BCUT2D eigenvalue weighted by Gasteiger charge is -2.23. The average Bonchev–Trinajstić information content (AvgIpc) is 2.39. The highest BCUT2D eigenvalue weighted by atomic mass is 16.5. The molecule has 2 N–H and O–H groups in total. The van der Waals surface area contributed by atoms with Crippen LogP contribution in [0.15, 0.2) is 24.3 Å². The lowest BCUT2D eigenvalue weighted by Crippen LogP contribution is -2.46. The molecule has 0 saturated carbocycles. The van der Waals surface area contributed by atoms with Gasteiger partial charge in [-0.05, 0) is 44.5 Å². The van der Waals surface area contributed by atoms with Gasteiger partial charge in [0, 0.05) is 5.56 Å². The maximum Gasteiger partial charge on any atom is 0.251 e. The monoisotopic (exact) mass is 265 g/mol. The van der Waals surface area contributed by atoms with Crippen LogP contribution in [0.3, 0.4) is 0 Å². The highest BCUT2D eigenvalue weighted by molar-refractivity contribution is 5.94. The zero-order chi connectivity index (χ0) is 14.3. The first kappa shape index (κ1) is 15.5. The number of benzene rings is 1. The maximum atomic E-state index is 11.9. The normalized spacial score (nSPS) is 11.2. The molecule has 1 aromatic rings. The van der Waals surface area contributed by atoms with E-state index in [1.807, 2.05) is 0 Å². The number of amides is 1. The Labute approximate surface area is 114 Å². The second-order valence-corrected chi connectivity index (χ2v) is 5.22. The fourth-order valence-electron chi connectivity index (χ4n) is 1.46. The first-order valence-corrected chi connectivity index (χ1v) is 6.65. The van der Waals surface area contributed by atoms with Crippen molar-refractivity contribution in [1.29, 1.82) is 0 Å². The number of aliphatic hydroxyl groups is 1. The van der Waals surface area contributed by atoms with Crippen molar-refractivity contribution >= 4 is 5.91 Å². The van der Waals surface area contributed by atoms with E-state index in [4.69, 9.17) is 9.84 Å². The van der Waals surface area contributed by atoms with E-state index in [2.05, 4.69) is 12.2 Å². The van der Waals surface area contributed by atoms with E-state index in [-0.39, 0.29) is 12.5 Å². The predicted molar refractivity (Wildman–Crippen MR) is 75.5 cm³/mol. The molecule has 4 heteroatoms. The van der Waals surface area contributed by atoms with Gasteiger partial charge in [0.25, 0.3) is 5.91 Å². The van der Waals surface area contributed by atoms with Crippen molar-refractivity contribution in [2.24, 2.45) is 0 Å². The smallest absolute Gasteiger partial charge is 0.251 e. The maximum absolute atomic E-state index is 11.9. The van der Waals surface area contributed by atoms with E-state index >= 15 is 0 Å². The number of nitrogens with one attached hydrogen (secondary N) is 1. The number of carbonyl (C=O) groups excluding carboxylic acids is 1. The van der Waals surface area contributed by atoms with Crippen molar-refractivity contribution in [2.45, 2.75) is 39.2 Å². The standard InChI is InChI=1S/C15H23NO3/c1-4-5-10-19-13-8-6-12(7-9-13)14(18)16-15(2,3)11-17/h6-9,17H,4-5,10-11H2,1-3H3,(H,16,18). The van der Waals surface area contributed by atoms with Crippen molar-refractivity contribution in [2.75, 3.05) is 13.2 Å². The molecular weight excluding hydrogens is 242 g/mol. The third kappa shape index (κ3) is 5.30. The zero-order valence-electron chi connectivity index (χ0n) is 11.9. The van der Waals surface area contributed by atoms with E-state index in [0.717, 1.165) is 18.6 Å². The van der Waals surface area contributed by atoms with E-state index in [1.54, 1.807) is 38.1 Å². The van der Waals surface area contributed by atoms with Gasteiger partial charge < -0.3 is 15.2 Å². The van der Waals surface area contributed by atoms with Crippen LogP contribution >= 0.6 is 0 Å². The van der Waals surface area contributed by atoms with Gasteiger partial charge in [0.2, 0.25) is 0 Å². The third-order valence-electron chi connectivity index (χ3n) is 2.73. The summed E-state index contributed by atoms with van der Waals surface area (Å²) in [6.45, 7) is 6.25. The minimum Gasteiger partial charge on any atom is -0.494 e. The van der Waals surface area contributed by atoms with Crippen LogP contribution in [0.5, 0.6) is 5.75 Å². The van der Waals surface area contributed by atoms with E-state index in [9.17, 15) is 4.79 Å². The number of ether oxygens (including phenoxy) is 1. The van der Waals surface area contributed by atoms with Crippen LogP contribution in [-0.2, 0) is 0 Å². The Bertz CT molecular complexity index is 398. The molecule has 0 aliphatic carbocycles. The zero-order valence-corrected chi connectivity index (χ0v) is 11.9. The van der Waals surface area contributed by atoms with Crippen molar-refractivity contribution in [3.05, 3.63) is 29.8 Å². The minimum absolute atomic E-state index is 0.100. The summed E-state index contributed by atoms with van der Waals surface area (Å²) in [5.74, 6) is 0.575. The first-order valence-electron chi connectivity index (χ1n) is 6.65. The SMILES string of the molecule is CCCCOc1ccc(C(=O)NC(C)(C)CO)cc1. The molecule has 0 heterocycles. The molecule has 0 spiro atoms. The molecule has 4 nitrogen and oxygen atoms in total. The van der Waals surface area contributed by atoms with Crippen molar-refractivity contribution in [3.63, 3.8) is 0 Å². The van der Waals surface area contributed by atoms with Gasteiger partial charge in [-0.2, -0.15) is 0 Å². The number of hydrogen-bond donors (Lipinski definition) is 2. The Kier molecular flexibility index (Phi) is 5.83. The minimum atomic E-state index is -0.618. The van der Waals surface area contributed by atoms with Crippen LogP contribution in [-0.4, -0.2) is 29.8 Å². The molecule has 0 aliphatic heterocycles. The van der Waals surface area contributed by atoms with Crippen LogP contribution in [0.1, 0.15) is 44.0 Å². The van der Waals surface area contributed by atoms with Gasteiger partial charge in [0.15, 0.2) is 0 Å². The van der Waals surface area contributed by atoms with Crippen LogP contribution in [0.4, 0.5) is 0 Å². The van der Waals surface area contributed by atoms with Crippen LogP contribution in [0.2, 0.25) is 0 Å². The van der Waals surface area contributed by atoms with Gasteiger partial charge in [-0.1, -0.05) is 13.3 Å². The van der Waals surface area contributed by atoms with Gasteiger partial charge in [-0.3, -0.25) is 4.79 Å². The molecule has 1 aromatic carbocycles. The van der Waals surface area contributed by atoms with Crippen LogP contribution in [0, 0.1) is 0 Å². The third-order valence-corrected chi connectivity index (χ3v) is 2.73. The molecule has 1 rings (SSSR count). The molecule has 1 amide bonds. The Morgan fingerprint density at radius 3 is 2.47 bits per heavy atom. The molecule has 0 atom stereocenters. The summed E-state index contributed by atoms with van der Waals surface area (Å²) in [6, 6.07) is 7.03. The summed E-state index contributed by atoms with van der Waals surface area (Å²) < 4.78 is 5.53. The Hall–Kier alpha value is -1.55. The fraction of sp³-hybridized carbons (Fsp3) is 0.533. The van der Waals surface area contributed by atoms with Crippen molar-refractivity contribution < 1.29 is 14.6 Å². The number of rotatable bonds is 7. The largest absolute Gasteiger partial charge is 0.494 e. The van der Waals surface area contributed by atoms with Crippen molar-refractivity contribution in [3.8, 4) is 5.75 Å². The Balaban J connectivity index is 2.58. The quantitative estimate of drug-likeness (QED) is 0.744. The number of carbonyl (C=O) groups is 1. The van der Waals surface area contributed by atoms with Crippen molar-refractivity contribution in [1.82, 2.24) is 5.32 Å². The summed E-state index contributed by atoms with van der Waals surface area (Å²) in [7, 11) is 0.